The summed E-state index contributed by atoms with van der Waals surface area (Å²) < 4.78 is 7.25. The third-order valence-electron chi connectivity index (χ3n) is 4.23. The molecule has 22 heavy (non-hydrogen) atoms. The zero-order valence-corrected chi connectivity index (χ0v) is 13.4. The number of carbonyl (C=O) groups is 1. The minimum Gasteiger partial charge on any atom is -0.446 e. The predicted octanol–water partition coefficient (Wildman–Crippen LogP) is 1.88. The van der Waals surface area contributed by atoms with Crippen LogP contribution in [0.4, 0.5) is 0 Å². The lowest BCUT2D eigenvalue weighted by molar-refractivity contribution is 0.0947. The fourth-order valence-electron chi connectivity index (χ4n) is 3.14. The molecule has 0 saturated heterocycles. The molecule has 0 bridgehead atoms. The van der Waals surface area contributed by atoms with E-state index in [0.29, 0.717) is 24.6 Å². The number of aryl methyl sites for hydroxylation is 3. The molecule has 0 radical (unpaired) electrons. The number of carbonyl (C=O) groups excluding carboxylic acids is 1. The number of oxazole rings is 1. The number of rotatable bonds is 4. The van der Waals surface area contributed by atoms with Gasteiger partial charge in [-0.3, -0.25) is 9.48 Å². The van der Waals surface area contributed by atoms with E-state index in [1.165, 1.54) is 12.1 Å². The third-order valence-corrected chi connectivity index (χ3v) is 4.23. The Labute approximate surface area is 129 Å². The smallest absolute Gasteiger partial charge is 0.272 e. The monoisotopic (exact) mass is 302 g/mol. The molecule has 118 valence electrons. The highest BCUT2D eigenvalue weighted by Gasteiger charge is 2.23. The maximum absolute atomic E-state index is 12.4. The van der Waals surface area contributed by atoms with E-state index < -0.39 is 0 Å². The number of fused-ring (bicyclic) bond motifs is 1. The van der Waals surface area contributed by atoms with E-state index >= 15 is 0 Å². The van der Waals surface area contributed by atoms with Gasteiger partial charge in [-0.1, -0.05) is 0 Å². The van der Waals surface area contributed by atoms with Crippen LogP contribution in [-0.4, -0.2) is 27.2 Å². The molecule has 0 spiro atoms. The second-order valence-electron chi connectivity index (χ2n) is 5.85. The van der Waals surface area contributed by atoms with E-state index in [1.807, 2.05) is 25.6 Å². The summed E-state index contributed by atoms with van der Waals surface area (Å²) in [7, 11) is 1.92. The fraction of sp³-hybridized carbons (Fsp3) is 0.562. The Morgan fingerprint density at radius 2 is 2.09 bits per heavy atom. The van der Waals surface area contributed by atoms with Gasteiger partial charge < -0.3 is 9.73 Å². The molecule has 0 aliphatic heterocycles. The summed E-state index contributed by atoms with van der Waals surface area (Å²) in [5.41, 5.74) is 3.82. The summed E-state index contributed by atoms with van der Waals surface area (Å²) in [5.74, 6) is 1.40. The number of hydrogen-bond donors (Lipinski definition) is 1. The van der Waals surface area contributed by atoms with Gasteiger partial charge >= 0.3 is 0 Å². The van der Waals surface area contributed by atoms with Crippen molar-refractivity contribution in [2.24, 2.45) is 7.05 Å². The average molecular weight is 302 g/mol. The molecule has 0 aromatic carbocycles. The van der Waals surface area contributed by atoms with Crippen LogP contribution in [0.15, 0.2) is 4.42 Å². The Balaban J connectivity index is 1.64. The minimum absolute atomic E-state index is 0.0865. The van der Waals surface area contributed by atoms with Gasteiger partial charge in [0.25, 0.3) is 5.91 Å². The lowest BCUT2D eigenvalue weighted by Crippen LogP contribution is -2.27. The van der Waals surface area contributed by atoms with Crippen LogP contribution < -0.4 is 5.32 Å². The van der Waals surface area contributed by atoms with Gasteiger partial charge in [0.05, 0.1) is 5.69 Å². The Hall–Kier alpha value is -2.11. The van der Waals surface area contributed by atoms with Gasteiger partial charge in [-0.25, -0.2) is 4.98 Å². The fourth-order valence-corrected chi connectivity index (χ4v) is 3.14. The van der Waals surface area contributed by atoms with Crippen molar-refractivity contribution in [1.82, 2.24) is 20.1 Å². The standard InChI is InChI=1S/C16H22N4O2/c1-10-13(18-11(2)22-10)8-9-17-16(21)15-12-6-4-5-7-14(12)20(3)19-15/h4-9H2,1-3H3,(H,17,21). The first-order valence-corrected chi connectivity index (χ1v) is 7.82. The Kier molecular flexibility index (Phi) is 4.00. The van der Waals surface area contributed by atoms with Crippen molar-refractivity contribution in [2.45, 2.75) is 46.0 Å². The van der Waals surface area contributed by atoms with E-state index in [-0.39, 0.29) is 5.91 Å². The van der Waals surface area contributed by atoms with Crippen LogP contribution in [0.2, 0.25) is 0 Å². The Bertz CT molecular complexity index is 699. The molecule has 2 aromatic rings. The molecule has 0 fully saturated rings. The normalized spacial score (nSPS) is 14.0. The summed E-state index contributed by atoms with van der Waals surface area (Å²) in [5, 5.41) is 7.36. The van der Waals surface area contributed by atoms with Crippen molar-refractivity contribution in [2.75, 3.05) is 6.54 Å². The van der Waals surface area contributed by atoms with E-state index in [9.17, 15) is 4.79 Å². The van der Waals surface area contributed by atoms with Crippen molar-refractivity contribution in [1.29, 1.82) is 0 Å². The number of amides is 1. The lowest BCUT2D eigenvalue weighted by atomic mass is 9.95. The zero-order valence-electron chi connectivity index (χ0n) is 13.4. The average Bonchev–Trinajstić information content (AvgIpc) is 2.99. The molecule has 6 heteroatoms. The van der Waals surface area contributed by atoms with Crippen molar-refractivity contribution in [3.63, 3.8) is 0 Å². The topological polar surface area (TPSA) is 73.0 Å². The third kappa shape index (κ3) is 2.77. The van der Waals surface area contributed by atoms with Crippen molar-refractivity contribution >= 4 is 5.91 Å². The van der Waals surface area contributed by atoms with Crippen molar-refractivity contribution in [3.05, 3.63) is 34.3 Å². The van der Waals surface area contributed by atoms with Crippen LogP contribution in [0.1, 0.15) is 51.9 Å². The molecular formula is C16H22N4O2. The second-order valence-corrected chi connectivity index (χ2v) is 5.85. The van der Waals surface area contributed by atoms with E-state index in [4.69, 9.17) is 4.42 Å². The zero-order chi connectivity index (χ0) is 15.7. The van der Waals surface area contributed by atoms with Gasteiger partial charge in [0, 0.05) is 38.2 Å². The van der Waals surface area contributed by atoms with Crippen LogP contribution in [0.25, 0.3) is 0 Å². The molecule has 2 heterocycles. The number of nitrogens with zero attached hydrogens (tertiary/aromatic N) is 3. The van der Waals surface area contributed by atoms with Gasteiger partial charge in [-0.05, 0) is 32.6 Å². The Morgan fingerprint density at radius 3 is 2.82 bits per heavy atom. The molecule has 6 nitrogen and oxygen atoms in total. The molecule has 1 aliphatic carbocycles. The molecule has 1 N–H and O–H groups in total. The second kappa shape index (κ2) is 5.94. The molecule has 0 unspecified atom stereocenters. The quantitative estimate of drug-likeness (QED) is 0.936. The number of nitrogens with one attached hydrogen (secondary N) is 1. The lowest BCUT2D eigenvalue weighted by Gasteiger charge is -2.12. The summed E-state index contributed by atoms with van der Waals surface area (Å²) >= 11 is 0. The van der Waals surface area contributed by atoms with Crippen molar-refractivity contribution in [3.8, 4) is 0 Å². The SMILES string of the molecule is Cc1nc(CCNC(=O)c2nn(C)c3c2CCCC3)c(C)o1. The maximum atomic E-state index is 12.4. The first kappa shape index (κ1) is 14.8. The molecule has 1 aliphatic rings. The summed E-state index contributed by atoms with van der Waals surface area (Å²) in [4.78, 5) is 16.7. The highest BCUT2D eigenvalue weighted by atomic mass is 16.4. The van der Waals surface area contributed by atoms with Crippen LogP contribution in [0.3, 0.4) is 0 Å². The van der Waals surface area contributed by atoms with Crippen LogP contribution in [0, 0.1) is 13.8 Å². The van der Waals surface area contributed by atoms with Gasteiger partial charge in [-0.15, -0.1) is 0 Å². The summed E-state index contributed by atoms with van der Waals surface area (Å²) in [6.07, 6.45) is 4.95. The van der Waals surface area contributed by atoms with Gasteiger partial charge in [0.1, 0.15) is 5.76 Å². The van der Waals surface area contributed by atoms with E-state index in [0.717, 1.165) is 36.3 Å². The first-order chi connectivity index (χ1) is 10.6. The number of aromatic nitrogens is 3. The van der Waals surface area contributed by atoms with E-state index in [1.54, 1.807) is 0 Å². The predicted molar refractivity (Wildman–Crippen MR) is 81.9 cm³/mol. The summed E-state index contributed by atoms with van der Waals surface area (Å²) in [6, 6.07) is 0. The molecule has 1 amide bonds. The summed E-state index contributed by atoms with van der Waals surface area (Å²) in [6.45, 7) is 4.26. The van der Waals surface area contributed by atoms with Gasteiger partial charge in [-0.2, -0.15) is 5.10 Å². The van der Waals surface area contributed by atoms with Crippen LogP contribution in [0.5, 0.6) is 0 Å². The minimum atomic E-state index is -0.0865. The first-order valence-electron chi connectivity index (χ1n) is 7.82. The molecule has 0 atom stereocenters. The maximum Gasteiger partial charge on any atom is 0.272 e. The van der Waals surface area contributed by atoms with Crippen LogP contribution in [-0.2, 0) is 26.3 Å². The largest absolute Gasteiger partial charge is 0.446 e. The molecule has 0 saturated carbocycles. The number of hydrogen-bond acceptors (Lipinski definition) is 4. The molecule has 3 rings (SSSR count). The highest BCUT2D eigenvalue weighted by Crippen LogP contribution is 2.23. The van der Waals surface area contributed by atoms with E-state index in [2.05, 4.69) is 15.4 Å². The highest BCUT2D eigenvalue weighted by molar-refractivity contribution is 5.94. The molecular weight excluding hydrogens is 280 g/mol. The molecule has 2 aromatic heterocycles. The Morgan fingerprint density at radius 1 is 1.32 bits per heavy atom. The van der Waals surface area contributed by atoms with Crippen LogP contribution >= 0.6 is 0 Å². The van der Waals surface area contributed by atoms with Crippen molar-refractivity contribution < 1.29 is 9.21 Å². The van der Waals surface area contributed by atoms with Gasteiger partial charge in [0.15, 0.2) is 11.6 Å². The van der Waals surface area contributed by atoms with Gasteiger partial charge in [0.2, 0.25) is 0 Å².